The maximum atomic E-state index is 12.6. The summed E-state index contributed by atoms with van der Waals surface area (Å²) in [7, 11) is 3.33. The summed E-state index contributed by atoms with van der Waals surface area (Å²) in [5, 5.41) is 1.47. The average Bonchev–Trinajstić information content (AvgIpc) is 2.03. The minimum absolute atomic E-state index is 0.0636. The van der Waals surface area contributed by atoms with Crippen molar-refractivity contribution in [1.82, 2.24) is 15.4 Å². The van der Waals surface area contributed by atoms with Gasteiger partial charge in [-0.1, -0.05) is 6.07 Å². The second-order valence-corrected chi connectivity index (χ2v) is 2.68. The maximum Gasteiger partial charge on any atom is 0.284 e. The number of hydrogen-bond acceptors (Lipinski definition) is 3. The van der Waals surface area contributed by atoms with Gasteiger partial charge in [-0.2, -0.15) is 4.39 Å². The molecule has 0 saturated heterocycles. The van der Waals surface area contributed by atoms with E-state index in [1.165, 1.54) is 23.2 Å². The van der Waals surface area contributed by atoms with Crippen LogP contribution in [0.1, 0.15) is 10.5 Å². The van der Waals surface area contributed by atoms with Crippen LogP contribution in [0.3, 0.4) is 0 Å². The molecule has 0 radical (unpaired) electrons. The first-order valence-corrected chi connectivity index (χ1v) is 3.70. The van der Waals surface area contributed by atoms with E-state index in [0.29, 0.717) is 0 Å². The summed E-state index contributed by atoms with van der Waals surface area (Å²) in [5.74, 6) is -1.09. The van der Waals surface area contributed by atoms with Crippen molar-refractivity contribution >= 4 is 5.91 Å². The number of hydrogen-bond donors (Lipinski definition) is 1. The van der Waals surface area contributed by atoms with Crippen LogP contribution in [-0.4, -0.2) is 30.0 Å². The SMILES string of the molecule is CN(C)NC(=O)c1cccc(F)n1. The molecule has 0 unspecified atom stereocenters. The molecule has 1 aromatic heterocycles. The summed E-state index contributed by atoms with van der Waals surface area (Å²) < 4.78 is 12.6. The van der Waals surface area contributed by atoms with Crippen LogP contribution in [0.4, 0.5) is 4.39 Å². The molecule has 1 heterocycles. The van der Waals surface area contributed by atoms with Crippen molar-refractivity contribution in [2.45, 2.75) is 0 Å². The van der Waals surface area contributed by atoms with E-state index in [-0.39, 0.29) is 5.69 Å². The topological polar surface area (TPSA) is 45.2 Å². The molecule has 0 aliphatic carbocycles. The Labute approximate surface area is 75.4 Å². The third kappa shape index (κ3) is 2.79. The molecule has 5 heteroatoms. The lowest BCUT2D eigenvalue weighted by Gasteiger charge is -2.10. The highest BCUT2D eigenvalue weighted by molar-refractivity contribution is 5.91. The molecule has 0 fully saturated rings. The van der Waals surface area contributed by atoms with Crippen LogP contribution < -0.4 is 5.43 Å². The van der Waals surface area contributed by atoms with Crippen LogP contribution in [0.25, 0.3) is 0 Å². The Morgan fingerprint density at radius 2 is 2.23 bits per heavy atom. The third-order valence-corrected chi connectivity index (χ3v) is 1.27. The first-order valence-electron chi connectivity index (χ1n) is 3.70. The number of rotatable bonds is 2. The molecule has 1 N–H and O–H groups in total. The molecule has 13 heavy (non-hydrogen) atoms. The molecule has 0 spiro atoms. The van der Waals surface area contributed by atoms with Crippen LogP contribution in [0.15, 0.2) is 18.2 Å². The fourth-order valence-electron chi connectivity index (χ4n) is 0.795. The molecule has 0 aliphatic heterocycles. The van der Waals surface area contributed by atoms with Gasteiger partial charge in [0.15, 0.2) is 0 Å². The van der Waals surface area contributed by atoms with Gasteiger partial charge in [0.2, 0.25) is 5.95 Å². The fourth-order valence-corrected chi connectivity index (χ4v) is 0.795. The number of hydrazine groups is 1. The zero-order valence-corrected chi connectivity index (χ0v) is 7.41. The van der Waals surface area contributed by atoms with E-state index in [1.54, 1.807) is 14.1 Å². The number of nitrogens with zero attached hydrogens (tertiary/aromatic N) is 2. The van der Waals surface area contributed by atoms with E-state index < -0.39 is 11.9 Å². The van der Waals surface area contributed by atoms with E-state index in [2.05, 4.69) is 10.4 Å². The van der Waals surface area contributed by atoms with Crippen LogP contribution in [-0.2, 0) is 0 Å². The number of aromatic nitrogens is 1. The highest BCUT2D eigenvalue weighted by Crippen LogP contribution is 1.97. The summed E-state index contributed by atoms with van der Waals surface area (Å²) in [6, 6.07) is 4.07. The number of nitrogens with one attached hydrogen (secondary N) is 1. The summed E-state index contributed by atoms with van der Waals surface area (Å²) in [5.41, 5.74) is 2.52. The molecule has 4 nitrogen and oxygen atoms in total. The van der Waals surface area contributed by atoms with Gasteiger partial charge in [0.25, 0.3) is 5.91 Å². The molecule has 0 saturated carbocycles. The van der Waals surface area contributed by atoms with Crippen LogP contribution in [0, 0.1) is 5.95 Å². The van der Waals surface area contributed by atoms with Crippen molar-refractivity contribution in [1.29, 1.82) is 0 Å². The largest absolute Gasteiger partial charge is 0.284 e. The van der Waals surface area contributed by atoms with E-state index in [4.69, 9.17) is 0 Å². The van der Waals surface area contributed by atoms with Crippen LogP contribution in [0.2, 0.25) is 0 Å². The molecule has 1 aromatic rings. The highest BCUT2D eigenvalue weighted by atomic mass is 19.1. The lowest BCUT2D eigenvalue weighted by Crippen LogP contribution is -2.36. The van der Waals surface area contributed by atoms with Crippen molar-refractivity contribution < 1.29 is 9.18 Å². The molecule has 70 valence electrons. The predicted octanol–water partition coefficient (Wildman–Crippen LogP) is 0.427. The Kier molecular flexibility index (Phi) is 2.92. The van der Waals surface area contributed by atoms with Crippen molar-refractivity contribution in [3.05, 3.63) is 29.8 Å². The Morgan fingerprint density at radius 1 is 1.54 bits per heavy atom. The van der Waals surface area contributed by atoms with Gasteiger partial charge in [0, 0.05) is 14.1 Å². The molecule has 0 atom stereocenters. The predicted molar refractivity (Wildman–Crippen MR) is 45.3 cm³/mol. The number of carbonyl (C=O) groups is 1. The van der Waals surface area contributed by atoms with Crippen LogP contribution >= 0.6 is 0 Å². The summed E-state index contributed by atoms with van der Waals surface area (Å²) in [4.78, 5) is 14.6. The first-order chi connectivity index (χ1) is 6.09. The summed E-state index contributed by atoms with van der Waals surface area (Å²) >= 11 is 0. The number of carbonyl (C=O) groups excluding carboxylic acids is 1. The molecule has 0 aromatic carbocycles. The lowest BCUT2D eigenvalue weighted by atomic mass is 10.3. The minimum Gasteiger partial charge on any atom is -0.284 e. The van der Waals surface area contributed by atoms with Crippen molar-refractivity contribution in [2.24, 2.45) is 0 Å². The van der Waals surface area contributed by atoms with Gasteiger partial charge in [-0.3, -0.25) is 10.2 Å². The normalized spacial score (nSPS) is 10.2. The summed E-state index contributed by atoms with van der Waals surface area (Å²) in [6.45, 7) is 0. The highest BCUT2D eigenvalue weighted by Gasteiger charge is 2.07. The number of halogens is 1. The van der Waals surface area contributed by atoms with E-state index >= 15 is 0 Å². The van der Waals surface area contributed by atoms with Gasteiger partial charge in [0.05, 0.1) is 0 Å². The smallest absolute Gasteiger partial charge is 0.284 e. The van der Waals surface area contributed by atoms with Crippen LogP contribution in [0.5, 0.6) is 0 Å². The summed E-state index contributed by atoms with van der Waals surface area (Å²) in [6.07, 6.45) is 0. The molecule has 1 amide bonds. The van der Waals surface area contributed by atoms with Crippen molar-refractivity contribution in [3.63, 3.8) is 0 Å². The molecule has 0 bridgehead atoms. The van der Waals surface area contributed by atoms with E-state index in [1.807, 2.05) is 0 Å². The number of amides is 1. The zero-order chi connectivity index (χ0) is 9.84. The van der Waals surface area contributed by atoms with E-state index in [0.717, 1.165) is 0 Å². The Hall–Kier alpha value is -1.49. The Morgan fingerprint density at radius 3 is 2.77 bits per heavy atom. The fraction of sp³-hybridized carbons (Fsp3) is 0.250. The van der Waals surface area contributed by atoms with Gasteiger partial charge in [-0.15, -0.1) is 0 Å². The van der Waals surface area contributed by atoms with E-state index in [9.17, 15) is 9.18 Å². The van der Waals surface area contributed by atoms with Crippen molar-refractivity contribution in [2.75, 3.05) is 14.1 Å². The second-order valence-electron chi connectivity index (χ2n) is 2.68. The average molecular weight is 183 g/mol. The monoisotopic (exact) mass is 183 g/mol. The molecular weight excluding hydrogens is 173 g/mol. The van der Waals surface area contributed by atoms with Crippen molar-refractivity contribution in [3.8, 4) is 0 Å². The maximum absolute atomic E-state index is 12.6. The number of pyridine rings is 1. The van der Waals surface area contributed by atoms with Gasteiger partial charge < -0.3 is 0 Å². The second kappa shape index (κ2) is 3.95. The van der Waals surface area contributed by atoms with Gasteiger partial charge in [-0.05, 0) is 12.1 Å². The Bertz CT molecular complexity index is 314. The first kappa shape index (κ1) is 9.60. The lowest BCUT2D eigenvalue weighted by molar-refractivity contribution is 0.0850. The molecular formula is C8H10FN3O. The Balaban J connectivity index is 2.77. The minimum atomic E-state index is -0.661. The van der Waals surface area contributed by atoms with Gasteiger partial charge in [0.1, 0.15) is 5.69 Å². The molecule has 1 rings (SSSR count). The van der Waals surface area contributed by atoms with Gasteiger partial charge in [-0.25, -0.2) is 9.99 Å². The quantitative estimate of drug-likeness (QED) is 0.534. The molecule has 0 aliphatic rings. The van der Waals surface area contributed by atoms with Gasteiger partial charge >= 0.3 is 0 Å². The zero-order valence-electron chi connectivity index (χ0n) is 7.41. The third-order valence-electron chi connectivity index (χ3n) is 1.27. The standard InChI is InChI=1S/C8H10FN3O/c1-12(2)11-8(13)6-4-3-5-7(9)10-6/h3-5H,1-2H3,(H,11,13).